The predicted octanol–water partition coefficient (Wildman–Crippen LogP) is 18.5. The van der Waals surface area contributed by atoms with E-state index in [1.807, 2.05) is 21.1 Å². The summed E-state index contributed by atoms with van der Waals surface area (Å²) in [5.41, 5.74) is 0. The molecule has 0 bridgehead atoms. The second-order valence-electron chi connectivity index (χ2n) is 22.1. The number of hydrogen-bond acceptors (Lipinski definition) is 8. The Morgan fingerprint density at radius 3 is 1.11 bits per heavy atom. The Morgan fingerprint density at radius 1 is 0.431 bits per heavy atom. The number of nitrogens with zero attached hydrogens (tertiary/aromatic N) is 1. The smallest absolute Gasteiger partial charge is 0.306 e. The molecule has 0 fully saturated rings. The SMILES string of the molecule is CCCCCCC/C=C\C/C=C\C/C=C\CCCCCCCCCCCCCCCCCCCCCCCCC(=O)OC(COC(=O)CCCCCCCCCCCCC)COP(=O)([O-])OCC[N+](C)(C)C. The molecule has 424 valence electrons. The Hall–Kier alpha value is -1.77. The first-order chi connectivity index (χ1) is 35.0. The zero-order valence-corrected chi connectivity index (χ0v) is 49.0. The van der Waals surface area contributed by atoms with E-state index in [1.165, 1.54) is 218 Å². The summed E-state index contributed by atoms with van der Waals surface area (Å²) in [7, 11) is 1.18. The minimum Gasteiger partial charge on any atom is -0.756 e. The van der Waals surface area contributed by atoms with Crippen molar-refractivity contribution in [2.45, 2.75) is 302 Å². The molecular weight excluding hydrogens is 918 g/mol. The highest BCUT2D eigenvalue weighted by molar-refractivity contribution is 7.45. The Morgan fingerprint density at radius 2 is 0.750 bits per heavy atom. The maximum Gasteiger partial charge on any atom is 0.306 e. The minimum atomic E-state index is -4.63. The van der Waals surface area contributed by atoms with E-state index in [0.717, 1.165) is 44.9 Å². The van der Waals surface area contributed by atoms with Gasteiger partial charge in [-0.05, 0) is 51.4 Å². The molecule has 0 heterocycles. The van der Waals surface area contributed by atoms with E-state index in [0.29, 0.717) is 17.4 Å². The van der Waals surface area contributed by atoms with Crippen LogP contribution in [0.1, 0.15) is 296 Å². The molecule has 0 aromatic rings. The van der Waals surface area contributed by atoms with Gasteiger partial charge >= 0.3 is 11.9 Å². The van der Waals surface area contributed by atoms with Crippen molar-refractivity contribution in [1.82, 2.24) is 0 Å². The van der Waals surface area contributed by atoms with E-state index in [9.17, 15) is 19.0 Å². The maximum atomic E-state index is 12.8. The van der Waals surface area contributed by atoms with E-state index in [4.69, 9.17) is 18.5 Å². The highest BCUT2D eigenvalue weighted by Gasteiger charge is 2.22. The molecule has 9 nitrogen and oxygen atoms in total. The molecule has 10 heteroatoms. The zero-order valence-electron chi connectivity index (χ0n) is 48.1. The highest BCUT2D eigenvalue weighted by atomic mass is 31.2. The van der Waals surface area contributed by atoms with Gasteiger partial charge in [-0.3, -0.25) is 14.2 Å². The van der Waals surface area contributed by atoms with Gasteiger partial charge in [-0.15, -0.1) is 0 Å². The number of ether oxygens (including phenoxy) is 2. The molecule has 0 aliphatic rings. The lowest BCUT2D eigenvalue weighted by molar-refractivity contribution is -0.870. The lowest BCUT2D eigenvalue weighted by Gasteiger charge is -2.28. The molecular formula is C62H118NO8P. The van der Waals surface area contributed by atoms with Gasteiger partial charge < -0.3 is 27.9 Å². The fourth-order valence-corrected chi connectivity index (χ4v) is 9.63. The largest absolute Gasteiger partial charge is 0.756 e. The van der Waals surface area contributed by atoms with Crippen molar-refractivity contribution < 1.29 is 42.1 Å². The average molecular weight is 1040 g/mol. The second kappa shape index (κ2) is 54.0. The van der Waals surface area contributed by atoms with E-state index in [-0.39, 0.29) is 32.0 Å². The summed E-state index contributed by atoms with van der Waals surface area (Å²) in [6.45, 7) is 4.25. The number of phosphoric ester groups is 1. The molecule has 0 amide bonds. The van der Waals surface area contributed by atoms with Crippen LogP contribution in [0.4, 0.5) is 0 Å². The molecule has 0 radical (unpaired) electrons. The second-order valence-corrected chi connectivity index (χ2v) is 23.5. The minimum absolute atomic E-state index is 0.0276. The van der Waals surface area contributed by atoms with Crippen molar-refractivity contribution in [2.75, 3.05) is 47.5 Å². The summed E-state index contributed by atoms with van der Waals surface area (Å²) in [5, 5.41) is 0. The van der Waals surface area contributed by atoms with Crippen LogP contribution < -0.4 is 4.89 Å². The number of phosphoric acid groups is 1. The van der Waals surface area contributed by atoms with Gasteiger partial charge in [0, 0.05) is 12.8 Å². The van der Waals surface area contributed by atoms with E-state index < -0.39 is 26.5 Å². The topological polar surface area (TPSA) is 111 Å². The van der Waals surface area contributed by atoms with Crippen molar-refractivity contribution in [1.29, 1.82) is 0 Å². The summed E-state index contributed by atoms with van der Waals surface area (Å²) in [6, 6.07) is 0. The Bertz CT molecular complexity index is 1310. The number of carbonyl (C=O) groups is 2. The molecule has 0 aliphatic carbocycles. The number of esters is 2. The summed E-state index contributed by atoms with van der Waals surface area (Å²) in [6.07, 6.45) is 66.6. The fraction of sp³-hybridized carbons (Fsp3) is 0.871. The van der Waals surface area contributed by atoms with Crippen LogP contribution in [-0.4, -0.2) is 70.0 Å². The van der Waals surface area contributed by atoms with Gasteiger partial charge in [0.15, 0.2) is 6.10 Å². The van der Waals surface area contributed by atoms with Crippen molar-refractivity contribution in [3.63, 3.8) is 0 Å². The normalized spacial score (nSPS) is 13.5. The molecule has 0 aliphatic heterocycles. The maximum absolute atomic E-state index is 12.8. The van der Waals surface area contributed by atoms with Crippen molar-refractivity contribution in [2.24, 2.45) is 0 Å². The van der Waals surface area contributed by atoms with Gasteiger partial charge in [0.1, 0.15) is 19.8 Å². The van der Waals surface area contributed by atoms with Gasteiger partial charge in [0.05, 0.1) is 27.7 Å². The third kappa shape index (κ3) is 57.5. The van der Waals surface area contributed by atoms with Crippen LogP contribution in [0, 0.1) is 0 Å². The number of rotatable bonds is 57. The fourth-order valence-electron chi connectivity index (χ4n) is 8.90. The number of allylic oxidation sites excluding steroid dienone is 6. The van der Waals surface area contributed by atoms with Gasteiger partial charge in [0.2, 0.25) is 0 Å². The lowest BCUT2D eigenvalue weighted by atomic mass is 10.0. The number of likely N-dealkylation sites (N-methyl/N-ethyl adjacent to an activating group) is 1. The van der Waals surface area contributed by atoms with Crippen LogP contribution in [-0.2, 0) is 32.7 Å². The Balaban J connectivity index is 3.88. The molecule has 72 heavy (non-hydrogen) atoms. The molecule has 0 saturated heterocycles. The highest BCUT2D eigenvalue weighted by Crippen LogP contribution is 2.38. The van der Waals surface area contributed by atoms with Gasteiger partial charge in [-0.1, -0.05) is 269 Å². The van der Waals surface area contributed by atoms with E-state index in [2.05, 4.69) is 50.3 Å². The Kier molecular flexibility index (Phi) is 52.7. The molecule has 0 spiro atoms. The molecule has 0 aromatic heterocycles. The zero-order chi connectivity index (χ0) is 52.7. The predicted molar refractivity (Wildman–Crippen MR) is 305 cm³/mol. The van der Waals surface area contributed by atoms with E-state index in [1.54, 1.807) is 0 Å². The number of carbonyl (C=O) groups excluding carboxylic acids is 2. The van der Waals surface area contributed by atoms with E-state index >= 15 is 0 Å². The Labute approximate surface area is 446 Å². The summed E-state index contributed by atoms with van der Waals surface area (Å²) < 4.78 is 34.1. The van der Waals surface area contributed by atoms with Crippen molar-refractivity contribution in [3.8, 4) is 0 Å². The van der Waals surface area contributed by atoms with Crippen LogP contribution >= 0.6 is 7.82 Å². The average Bonchev–Trinajstić information content (AvgIpc) is 3.34. The van der Waals surface area contributed by atoms with Crippen LogP contribution in [0.3, 0.4) is 0 Å². The van der Waals surface area contributed by atoms with Crippen LogP contribution in [0.25, 0.3) is 0 Å². The van der Waals surface area contributed by atoms with Crippen LogP contribution in [0.2, 0.25) is 0 Å². The van der Waals surface area contributed by atoms with Gasteiger partial charge in [0.25, 0.3) is 7.82 Å². The number of unbranched alkanes of at least 4 members (excludes halogenated alkanes) is 37. The van der Waals surface area contributed by atoms with Crippen molar-refractivity contribution in [3.05, 3.63) is 36.5 Å². The molecule has 2 unspecified atom stereocenters. The van der Waals surface area contributed by atoms with Gasteiger partial charge in [-0.25, -0.2) is 0 Å². The van der Waals surface area contributed by atoms with Crippen molar-refractivity contribution >= 4 is 19.8 Å². The lowest BCUT2D eigenvalue weighted by Crippen LogP contribution is -2.37. The standard InChI is InChI=1S/C62H118NO8P/c1-6-8-10-12-14-16-18-19-20-21-22-23-24-25-26-27-28-29-30-31-32-33-34-35-36-37-38-39-40-41-42-43-45-47-49-51-53-55-62(65)71-60(59-70-72(66,67)69-57-56-63(3,4)5)58-68-61(64)54-52-50-48-46-44-17-15-13-11-9-7-2/h18-19,21-22,24-25,60H,6-17,20,23,26-59H2,1-5H3/b19-18-,22-21-,25-24-. The number of hydrogen-bond donors (Lipinski definition) is 0. The third-order valence-electron chi connectivity index (χ3n) is 13.7. The molecule has 0 aromatic carbocycles. The first kappa shape index (κ1) is 70.2. The quantitative estimate of drug-likeness (QED) is 0.0195. The monoisotopic (exact) mass is 1040 g/mol. The molecule has 2 atom stereocenters. The molecule has 0 saturated carbocycles. The summed E-state index contributed by atoms with van der Waals surface area (Å²) >= 11 is 0. The van der Waals surface area contributed by atoms with Gasteiger partial charge in [-0.2, -0.15) is 0 Å². The number of quaternary nitrogens is 1. The summed E-state index contributed by atoms with van der Waals surface area (Å²) in [5.74, 6) is -0.820. The summed E-state index contributed by atoms with van der Waals surface area (Å²) in [4.78, 5) is 37.7. The molecule has 0 N–H and O–H groups in total. The van der Waals surface area contributed by atoms with Crippen LogP contribution in [0.15, 0.2) is 36.5 Å². The first-order valence-corrected chi connectivity index (χ1v) is 32.2. The third-order valence-corrected chi connectivity index (χ3v) is 14.6. The molecule has 0 rings (SSSR count). The first-order valence-electron chi connectivity index (χ1n) is 30.7. The van der Waals surface area contributed by atoms with Crippen LogP contribution in [0.5, 0.6) is 0 Å².